The normalized spacial score (nSPS) is 17.0. The molecule has 1 aliphatic heterocycles. The zero-order valence-electron chi connectivity index (χ0n) is 8.22. The number of aromatic nitrogens is 3. The van der Waals surface area contributed by atoms with Crippen LogP contribution in [0.25, 0.3) is 11.2 Å². The highest BCUT2D eigenvalue weighted by Crippen LogP contribution is 2.23. The molecule has 0 unspecified atom stereocenters. The van der Waals surface area contributed by atoms with Crippen molar-refractivity contribution in [2.45, 2.75) is 0 Å². The lowest BCUT2D eigenvalue weighted by Crippen LogP contribution is -2.48. The Bertz CT molecular complexity index is 442. The fourth-order valence-corrected chi connectivity index (χ4v) is 1.84. The summed E-state index contributed by atoms with van der Waals surface area (Å²) in [4.78, 5) is 13.9. The number of fused-ring (bicyclic) bond motifs is 1. The Morgan fingerprint density at radius 3 is 3.13 bits per heavy atom. The third kappa shape index (κ3) is 1.35. The van der Waals surface area contributed by atoms with Crippen molar-refractivity contribution in [3.8, 4) is 0 Å². The molecular weight excluding hydrogens is 192 g/mol. The summed E-state index contributed by atoms with van der Waals surface area (Å²) in [5.41, 5.74) is 1.71. The number of aromatic amines is 1. The van der Waals surface area contributed by atoms with Crippen molar-refractivity contribution in [2.75, 3.05) is 24.6 Å². The van der Waals surface area contributed by atoms with E-state index in [1.807, 2.05) is 12.1 Å². The van der Waals surface area contributed by atoms with Gasteiger partial charge in [0.15, 0.2) is 5.65 Å². The molecule has 1 fully saturated rings. The first-order chi connectivity index (χ1) is 7.36. The van der Waals surface area contributed by atoms with Gasteiger partial charge in [-0.25, -0.2) is 4.98 Å². The molecule has 0 aromatic carbocycles. The maximum absolute atomic E-state index is 8.92. The van der Waals surface area contributed by atoms with Crippen LogP contribution >= 0.6 is 0 Å². The lowest BCUT2D eigenvalue weighted by atomic mass is 10.0. The fraction of sp³-hybridized carbons (Fsp3) is 0.400. The monoisotopic (exact) mass is 204 g/mol. The number of nitrogens with zero attached hydrogens (tertiary/aromatic N) is 3. The number of aliphatic hydroxyl groups excluding tert-OH is 1. The molecule has 0 bridgehead atoms. The maximum Gasteiger partial charge on any atom is 0.205 e. The van der Waals surface area contributed by atoms with E-state index in [-0.39, 0.29) is 6.61 Å². The molecule has 1 aliphatic rings. The highest BCUT2D eigenvalue weighted by molar-refractivity contribution is 5.73. The summed E-state index contributed by atoms with van der Waals surface area (Å²) in [5.74, 6) is 1.25. The van der Waals surface area contributed by atoms with Crippen LogP contribution in [0, 0.1) is 5.92 Å². The van der Waals surface area contributed by atoms with Crippen LogP contribution in [-0.2, 0) is 0 Å². The van der Waals surface area contributed by atoms with Crippen molar-refractivity contribution in [1.82, 2.24) is 15.0 Å². The van der Waals surface area contributed by atoms with E-state index in [2.05, 4.69) is 19.9 Å². The molecule has 0 aliphatic carbocycles. The summed E-state index contributed by atoms with van der Waals surface area (Å²) < 4.78 is 0. The Kier molecular flexibility index (Phi) is 1.85. The van der Waals surface area contributed by atoms with E-state index in [0.717, 1.165) is 30.2 Å². The van der Waals surface area contributed by atoms with Crippen molar-refractivity contribution < 1.29 is 5.11 Å². The summed E-state index contributed by atoms with van der Waals surface area (Å²) in [6, 6.07) is 3.85. The predicted octanol–water partition coefficient (Wildman–Crippen LogP) is 0.386. The molecule has 0 spiro atoms. The molecular formula is C10H12N4O. The quantitative estimate of drug-likeness (QED) is 0.742. The van der Waals surface area contributed by atoms with Gasteiger partial charge in [0.2, 0.25) is 5.95 Å². The number of nitrogens with one attached hydrogen (secondary N) is 1. The van der Waals surface area contributed by atoms with E-state index >= 15 is 0 Å². The van der Waals surface area contributed by atoms with Crippen LogP contribution < -0.4 is 4.90 Å². The molecule has 78 valence electrons. The average molecular weight is 204 g/mol. The molecule has 0 radical (unpaired) electrons. The first-order valence-electron chi connectivity index (χ1n) is 5.03. The first-order valence-corrected chi connectivity index (χ1v) is 5.03. The van der Waals surface area contributed by atoms with Crippen LogP contribution in [0.1, 0.15) is 0 Å². The zero-order chi connectivity index (χ0) is 10.3. The third-order valence-electron chi connectivity index (χ3n) is 2.76. The van der Waals surface area contributed by atoms with Crippen molar-refractivity contribution in [1.29, 1.82) is 0 Å². The van der Waals surface area contributed by atoms with Gasteiger partial charge < -0.3 is 15.0 Å². The van der Waals surface area contributed by atoms with Gasteiger partial charge in [-0.1, -0.05) is 0 Å². The number of aliphatic hydroxyl groups is 1. The van der Waals surface area contributed by atoms with Crippen molar-refractivity contribution >= 4 is 17.1 Å². The zero-order valence-corrected chi connectivity index (χ0v) is 8.22. The van der Waals surface area contributed by atoms with Gasteiger partial charge in [-0.05, 0) is 12.1 Å². The van der Waals surface area contributed by atoms with Gasteiger partial charge in [-0.2, -0.15) is 4.98 Å². The highest BCUT2D eigenvalue weighted by Gasteiger charge is 2.28. The minimum Gasteiger partial charge on any atom is -0.396 e. The van der Waals surface area contributed by atoms with E-state index in [1.165, 1.54) is 0 Å². The molecule has 0 saturated carbocycles. The summed E-state index contributed by atoms with van der Waals surface area (Å²) in [6.07, 6.45) is 1.74. The summed E-state index contributed by atoms with van der Waals surface area (Å²) in [7, 11) is 0. The van der Waals surface area contributed by atoms with E-state index in [1.54, 1.807) is 6.20 Å². The second-order valence-electron chi connectivity index (χ2n) is 3.89. The number of hydrogen-bond donors (Lipinski definition) is 2. The third-order valence-corrected chi connectivity index (χ3v) is 2.76. The predicted molar refractivity (Wildman–Crippen MR) is 56.7 cm³/mol. The van der Waals surface area contributed by atoms with Crippen LogP contribution in [0.2, 0.25) is 0 Å². The highest BCUT2D eigenvalue weighted by atomic mass is 16.3. The van der Waals surface area contributed by atoms with Gasteiger partial charge in [0.05, 0.1) is 5.52 Å². The van der Waals surface area contributed by atoms with Crippen LogP contribution in [0.4, 0.5) is 5.95 Å². The number of pyridine rings is 1. The van der Waals surface area contributed by atoms with Crippen LogP contribution in [-0.4, -0.2) is 39.8 Å². The minimum atomic E-state index is 0.259. The Balaban J connectivity index is 1.87. The second kappa shape index (κ2) is 3.20. The number of rotatable bonds is 2. The van der Waals surface area contributed by atoms with E-state index < -0.39 is 0 Å². The molecule has 15 heavy (non-hydrogen) atoms. The standard InChI is InChI=1S/C10H12N4O/c15-6-7-4-14(5-7)10-12-8-2-1-3-11-9(8)13-10/h1-3,7,15H,4-6H2,(H,11,12,13). The van der Waals surface area contributed by atoms with Crippen LogP contribution in [0.3, 0.4) is 0 Å². The minimum absolute atomic E-state index is 0.259. The van der Waals surface area contributed by atoms with Crippen LogP contribution in [0.5, 0.6) is 0 Å². The fourth-order valence-electron chi connectivity index (χ4n) is 1.84. The molecule has 2 N–H and O–H groups in total. The lowest BCUT2D eigenvalue weighted by molar-refractivity contribution is 0.199. The van der Waals surface area contributed by atoms with Gasteiger partial charge in [0.25, 0.3) is 0 Å². The Labute approximate surface area is 86.8 Å². The van der Waals surface area contributed by atoms with Crippen molar-refractivity contribution in [2.24, 2.45) is 5.92 Å². The van der Waals surface area contributed by atoms with Crippen LogP contribution in [0.15, 0.2) is 18.3 Å². The van der Waals surface area contributed by atoms with Gasteiger partial charge in [-0.15, -0.1) is 0 Å². The number of H-pyrrole nitrogens is 1. The molecule has 1 saturated heterocycles. The van der Waals surface area contributed by atoms with Crippen molar-refractivity contribution in [3.05, 3.63) is 18.3 Å². The molecule has 5 nitrogen and oxygen atoms in total. The average Bonchev–Trinajstić information content (AvgIpc) is 2.59. The van der Waals surface area contributed by atoms with E-state index in [9.17, 15) is 0 Å². The number of hydrogen-bond acceptors (Lipinski definition) is 4. The Morgan fingerprint density at radius 1 is 1.53 bits per heavy atom. The lowest BCUT2D eigenvalue weighted by Gasteiger charge is -2.37. The largest absolute Gasteiger partial charge is 0.396 e. The summed E-state index contributed by atoms with van der Waals surface area (Å²) >= 11 is 0. The van der Waals surface area contributed by atoms with Gasteiger partial charge >= 0.3 is 0 Å². The Morgan fingerprint density at radius 2 is 2.40 bits per heavy atom. The number of anilines is 1. The molecule has 3 heterocycles. The van der Waals surface area contributed by atoms with E-state index in [0.29, 0.717) is 5.92 Å². The molecule has 5 heteroatoms. The van der Waals surface area contributed by atoms with E-state index in [4.69, 9.17) is 5.11 Å². The smallest absolute Gasteiger partial charge is 0.205 e. The maximum atomic E-state index is 8.92. The topological polar surface area (TPSA) is 65.0 Å². The van der Waals surface area contributed by atoms with Gasteiger partial charge in [0.1, 0.15) is 0 Å². The summed E-state index contributed by atoms with van der Waals surface area (Å²) in [6.45, 7) is 2.00. The summed E-state index contributed by atoms with van der Waals surface area (Å²) in [5, 5.41) is 8.92. The van der Waals surface area contributed by atoms with Gasteiger partial charge in [-0.3, -0.25) is 0 Å². The molecule has 0 amide bonds. The SMILES string of the molecule is OCC1CN(c2nc3ncccc3[nH]2)C1. The number of imidazole rings is 1. The first kappa shape index (κ1) is 8.67. The molecule has 2 aromatic rings. The molecule has 3 rings (SSSR count). The second-order valence-corrected chi connectivity index (χ2v) is 3.89. The van der Waals surface area contributed by atoms with Gasteiger partial charge in [0, 0.05) is 31.8 Å². The van der Waals surface area contributed by atoms with Crippen molar-refractivity contribution in [3.63, 3.8) is 0 Å². The Hall–Kier alpha value is -1.62. The molecule has 0 atom stereocenters. The molecule has 2 aromatic heterocycles.